The van der Waals surface area contributed by atoms with Gasteiger partial charge in [0.1, 0.15) is 18.4 Å². The minimum atomic E-state index is 0.139. The van der Waals surface area contributed by atoms with Crippen molar-refractivity contribution in [3.05, 3.63) is 10.8 Å². The summed E-state index contributed by atoms with van der Waals surface area (Å²) in [6, 6.07) is 3.04. The van der Waals surface area contributed by atoms with Crippen LogP contribution in [0.25, 0.3) is 0 Å². The molecule has 0 heterocycles. The minimum absolute atomic E-state index is 0.139. The molecule has 0 N–H and O–H groups in total. The highest BCUT2D eigenvalue weighted by atomic mass is 35.5. The Morgan fingerprint density at radius 2 is 1.94 bits per heavy atom. The Hall–Kier alpha value is -0.720. The Kier molecular flexibility index (Phi) is 4.64. The molecule has 0 aromatic carbocycles. The average molecular weight is 243 g/mol. The number of hydrogen-bond acceptors (Lipinski definition) is 3. The van der Waals surface area contributed by atoms with Crippen molar-refractivity contribution in [2.45, 2.75) is 52.2 Å². The maximum absolute atomic E-state index is 8.43. The fourth-order valence-electron chi connectivity index (χ4n) is 1.98. The summed E-state index contributed by atoms with van der Waals surface area (Å²) in [5, 5.41) is 9.22. The van der Waals surface area contributed by atoms with Crippen LogP contribution in [-0.4, -0.2) is 29.6 Å². The molecule has 0 aromatic heterocycles. The highest BCUT2D eigenvalue weighted by Gasteiger charge is 2.44. The molecular formula is C12H19ClN2O. The number of nitriles is 1. The van der Waals surface area contributed by atoms with Crippen molar-refractivity contribution in [1.29, 1.82) is 5.26 Å². The second kappa shape index (κ2) is 5.56. The van der Waals surface area contributed by atoms with E-state index in [1.165, 1.54) is 0 Å². The van der Waals surface area contributed by atoms with E-state index in [1.807, 2.05) is 0 Å². The van der Waals surface area contributed by atoms with Gasteiger partial charge in [-0.25, -0.2) is 0 Å². The Balaban J connectivity index is 2.50. The molecule has 1 aliphatic carbocycles. The van der Waals surface area contributed by atoms with Crippen molar-refractivity contribution < 1.29 is 4.74 Å². The molecule has 0 aromatic rings. The number of halogens is 1. The quantitative estimate of drug-likeness (QED) is 0.672. The Labute approximate surface area is 103 Å². The van der Waals surface area contributed by atoms with E-state index in [2.05, 4.69) is 38.7 Å². The van der Waals surface area contributed by atoms with Crippen molar-refractivity contribution in [1.82, 2.24) is 4.90 Å². The molecule has 0 aliphatic heterocycles. The molecule has 0 fully saturated rings. The zero-order valence-electron chi connectivity index (χ0n) is 10.3. The third-order valence-corrected chi connectivity index (χ3v) is 3.00. The zero-order chi connectivity index (χ0) is 12.3. The number of ether oxygens (including phenoxy) is 1. The Morgan fingerprint density at radius 1 is 1.38 bits per heavy atom. The van der Waals surface area contributed by atoms with Gasteiger partial charge in [0.25, 0.3) is 0 Å². The third-order valence-electron chi connectivity index (χ3n) is 2.60. The lowest BCUT2D eigenvalue weighted by molar-refractivity contribution is 0.134. The van der Waals surface area contributed by atoms with Crippen molar-refractivity contribution in [3.8, 4) is 6.07 Å². The predicted molar refractivity (Wildman–Crippen MR) is 65.0 cm³/mol. The summed E-state index contributed by atoms with van der Waals surface area (Å²) in [5.41, 5.74) is 0. The second-order valence-corrected chi connectivity index (χ2v) is 4.91. The first-order chi connectivity index (χ1) is 7.50. The first-order valence-corrected chi connectivity index (χ1v) is 6.05. The smallest absolute Gasteiger partial charge is 0.135 e. The van der Waals surface area contributed by atoms with Crippen LogP contribution in [0.4, 0.5) is 0 Å². The lowest BCUT2D eigenvalue weighted by Crippen LogP contribution is -2.40. The molecule has 1 aliphatic rings. The van der Waals surface area contributed by atoms with Gasteiger partial charge >= 0.3 is 0 Å². The summed E-state index contributed by atoms with van der Waals surface area (Å²) in [6.45, 7) is 9.03. The van der Waals surface area contributed by atoms with Gasteiger partial charge < -0.3 is 4.74 Å². The molecule has 1 rings (SSSR count). The van der Waals surface area contributed by atoms with Crippen LogP contribution in [-0.2, 0) is 4.74 Å². The lowest BCUT2D eigenvalue weighted by atomic mass is 10.2. The van der Waals surface area contributed by atoms with Gasteiger partial charge in [-0.3, -0.25) is 4.90 Å². The molecule has 3 nitrogen and oxygen atoms in total. The standard InChI is InChI=1S/C12H19ClN2O/c1-8(2)15(9(3)4)11-10(13)12(11)16-7-5-6-14/h8-9,11H,5,7H2,1-4H3. The van der Waals surface area contributed by atoms with Gasteiger partial charge in [-0.05, 0) is 27.7 Å². The molecule has 4 heteroatoms. The van der Waals surface area contributed by atoms with E-state index >= 15 is 0 Å². The molecule has 0 bridgehead atoms. The van der Waals surface area contributed by atoms with Crippen LogP contribution in [0.5, 0.6) is 0 Å². The SMILES string of the molecule is CC(C)N(C(C)C)C1C(Cl)=C1OCCC#N. The van der Waals surface area contributed by atoms with E-state index in [0.29, 0.717) is 25.1 Å². The van der Waals surface area contributed by atoms with Gasteiger partial charge in [0.2, 0.25) is 0 Å². The summed E-state index contributed by atoms with van der Waals surface area (Å²) in [7, 11) is 0. The van der Waals surface area contributed by atoms with Crippen LogP contribution >= 0.6 is 11.6 Å². The summed E-state index contributed by atoms with van der Waals surface area (Å²) < 4.78 is 5.48. The monoisotopic (exact) mass is 242 g/mol. The zero-order valence-corrected chi connectivity index (χ0v) is 11.1. The highest BCUT2D eigenvalue weighted by molar-refractivity contribution is 6.33. The normalized spacial score (nSPS) is 19.6. The summed E-state index contributed by atoms with van der Waals surface area (Å²) in [4.78, 5) is 2.31. The topological polar surface area (TPSA) is 36.3 Å². The highest BCUT2D eigenvalue weighted by Crippen LogP contribution is 2.42. The molecule has 1 unspecified atom stereocenters. The van der Waals surface area contributed by atoms with Gasteiger partial charge in [0, 0.05) is 12.1 Å². The minimum Gasteiger partial charge on any atom is -0.493 e. The molecule has 90 valence electrons. The van der Waals surface area contributed by atoms with Crippen LogP contribution in [0.15, 0.2) is 10.8 Å². The Morgan fingerprint density at radius 3 is 2.38 bits per heavy atom. The lowest BCUT2D eigenvalue weighted by Gasteiger charge is -2.31. The van der Waals surface area contributed by atoms with Gasteiger partial charge in [0.05, 0.1) is 17.5 Å². The van der Waals surface area contributed by atoms with Crippen molar-refractivity contribution in [2.75, 3.05) is 6.61 Å². The van der Waals surface area contributed by atoms with E-state index in [-0.39, 0.29) is 6.04 Å². The van der Waals surface area contributed by atoms with Crippen LogP contribution < -0.4 is 0 Å². The van der Waals surface area contributed by atoms with Crippen molar-refractivity contribution in [3.63, 3.8) is 0 Å². The third kappa shape index (κ3) is 2.90. The largest absolute Gasteiger partial charge is 0.493 e. The van der Waals surface area contributed by atoms with E-state index in [1.54, 1.807) is 0 Å². The van der Waals surface area contributed by atoms with E-state index < -0.39 is 0 Å². The first-order valence-electron chi connectivity index (χ1n) is 5.67. The average Bonchev–Trinajstić information content (AvgIpc) is 2.77. The van der Waals surface area contributed by atoms with Crippen LogP contribution in [0, 0.1) is 11.3 Å². The summed E-state index contributed by atoms with van der Waals surface area (Å²) in [5.74, 6) is 0.847. The fraction of sp³-hybridized carbons (Fsp3) is 0.750. The summed E-state index contributed by atoms with van der Waals surface area (Å²) >= 11 is 6.11. The van der Waals surface area contributed by atoms with E-state index in [4.69, 9.17) is 21.6 Å². The molecule has 16 heavy (non-hydrogen) atoms. The summed E-state index contributed by atoms with van der Waals surface area (Å²) in [6.07, 6.45) is 0.406. The molecule has 0 saturated carbocycles. The van der Waals surface area contributed by atoms with E-state index in [0.717, 1.165) is 10.8 Å². The van der Waals surface area contributed by atoms with Gasteiger partial charge in [-0.1, -0.05) is 11.6 Å². The number of hydrogen-bond donors (Lipinski definition) is 0. The van der Waals surface area contributed by atoms with Crippen LogP contribution in [0.3, 0.4) is 0 Å². The molecule has 1 atom stereocenters. The maximum Gasteiger partial charge on any atom is 0.135 e. The predicted octanol–water partition coefficient (Wildman–Crippen LogP) is 2.87. The maximum atomic E-state index is 8.43. The molecule has 0 radical (unpaired) electrons. The van der Waals surface area contributed by atoms with Gasteiger partial charge in [-0.2, -0.15) is 5.26 Å². The molecule has 0 spiro atoms. The molecule has 0 amide bonds. The first kappa shape index (κ1) is 13.3. The van der Waals surface area contributed by atoms with Gasteiger partial charge in [0.15, 0.2) is 0 Å². The van der Waals surface area contributed by atoms with Gasteiger partial charge in [-0.15, -0.1) is 0 Å². The molecule has 0 saturated heterocycles. The van der Waals surface area contributed by atoms with Crippen molar-refractivity contribution >= 4 is 11.6 Å². The fourth-order valence-corrected chi connectivity index (χ4v) is 2.30. The number of rotatable bonds is 6. The molecular weight excluding hydrogens is 224 g/mol. The van der Waals surface area contributed by atoms with Crippen LogP contribution in [0.1, 0.15) is 34.1 Å². The van der Waals surface area contributed by atoms with E-state index in [9.17, 15) is 0 Å². The van der Waals surface area contributed by atoms with Crippen molar-refractivity contribution in [2.24, 2.45) is 0 Å². The second-order valence-electron chi connectivity index (χ2n) is 4.51. The number of nitrogens with zero attached hydrogens (tertiary/aromatic N) is 2. The Bertz CT molecular complexity index is 309. The van der Waals surface area contributed by atoms with Crippen LogP contribution in [0.2, 0.25) is 0 Å².